The fourth-order valence-electron chi connectivity index (χ4n) is 1.72. The SMILES string of the molecule is Cc1ccc(N)cc1NC1CC(O)C1. The van der Waals surface area contributed by atoms with E-state index in [1.54, 1.807) is 0 Å². The van der Waals surface area contributed by atoms with Gasteiger partial charge in [0.05, 0.1) is 6.10 Å². The van der Waals surface area contributed by atoms with Crippen LogP contribution in [0.15, 0.2) is 18.2 Å². The molecule has 1 saturated carbocycles. The molecule has 14 heavy (non-hydrogen) atoms. The molecule has 1 aliphatic carbocycles. The largest absolute Gasteiger partial charge is 0.399 e. The lowest BCUT2D eigenvalue weighted by Crippen LogP contribution is -2.39. The zero-order valence-corrected chi connectivity index (χ0v) is 8.33. The van der Waals surface area contributed by atoms with Crippen LogP contribution in [0.25, 0.3) is 0 Å². The Morgan fingerprint density at radius 2 is 2.14 bits per heavy atom. The van der Waals surface area contributed by atoms with Crippen LogP contribution in [0.4, 0.5) is 11.4 Å². The van der Waals surface area contributed by atoms with E-state index in [-0.39, 0.29) is 6.10 Å². The number of rotatable bonds is 2. The van der Waals surface area contributed by atoms with Crippen molar-refractivity contribution in [2.24, 2.45) is 0 Å². The summed E-state index contributed by atoms with van der Waals surface area (Å²) in [5, 5.41) is 12.5. The molecule has 76 valence electrons. The topological polar surface area (TPSA) is 58.3 Å². The Kier molecular flexibility index (Phi) is 2.33. The van der Waals surface area contributed by atoms with E-state index in [1.165, 1.54) is 5.56 Å². The highest BCUT2D eigenvalue weighted by molar-refractivity contribution is 5.59. The quantitative estimate of drug-likeness (QED) is 0.622. The average Bonchev–Trinajstić information content (AvgIpc) is 2.09. The van der Waals surface area contributed by atoms with E-state index < -0.39 is 0 Å². The summed E-state index contributed by atoms with van der Waals surface area (Å²) < 4.78 is 0. The smallest absolute Gasteiger partial charge is 0.0579 e. The van der Waals surface area contributed by atoms with Crippen LogP contribution in [0.2, 0.25) is 0 Å². The maximum Gasteiger partial charge on any atom is 0.0579 e. The summed E-state index contributed by atoms with van der Waals surface area (Å²) in [4.78, 5) is 0. The highest BCUT2D eigenvalue weighted by Gasteiger charge is 2.26. The molecule has 1 aromatic rings. The van der Waals surface area contributed by atoms with Crippen LogP contribution in [0.1, 0.15) is 18.4 Å². The van der Waals surface area contributed by atoms with Gasteiger partial charge in [-0.25, -0.2) is 0 Å². The Balaban J connectivity index is 2.05. The van der Waals surface area contributed by atoms with Gasteiger partial charge in [0.1, 0.15) is 0 Å². The van der Waals surface area contributed by atoms with E-state index in [0.29, 0.717) is 6.04 Å². The highest BCUT2D eigenvalue weighted by Crippen LogP contribution is 2.26. The van der Waals surface area contributed by atoms with E-state index in [0.717, 1.165) is 24.2 Å². The normalized spacial score (nSPS) is 25.6. The molecule has 4 N–H and O–H groups in total. The predicted molar refractivity (Wildman–Crippen MR) is 58.2 cm³/mol. The first-order valence-corrected chi connectivity index (χ1v) is 4.96. The molecule has 0 heterocycles. The molecule has 2 rings (SSSR count). The van der Waals surface area contributed by atoms with Crippen LogP contribution >= 0.6 is 0 Å². The van der Waals surface area contributed by atoms with Gasteiger partial charge in [-0.1, -0.05) is 6.07 Å². The van der Waals surface area contributed by atoms with Crippen molar-refractivity contribution >= 4 is 11.4 Å². The van der Waals surface area contributed by atoms with Crippen LogP contribution < -0.4 is 11.1 Å². The van der Waals surface area contributed by atoms with Crippen molar-refractivity contribution in [3.05, 3.63) is 23.8 Å². The first-order valence-electron chi connectivity index (χ1n) is 4.96. The van der Waals surface area contributed by atoms with Crippen molar-refractivity contribution in [3.8, 4) is 0 Å². The molecule has 0 radical (unpaired) electrons. The Labute approximate surface area is 83.9 Å². The second-order valence-corrected chi connectivity index (χ2v) is 4.04. The molecule has 0 atom stereocenters. The first-order chi connectivity index (χ1) is 6.65. The molecule has 0 bridgehead atoms. The van der Waals surface area contributed by atoms with Gasteiger partial charge in [-0.15, -0.1) is 0 Å². The molecule has 0 amide bonds. The minimum absolute atomic E-state index is 0.117. The Bertz CT molecular complexity index is 332. The van der Waals surface area contributed by atoms with Crippen LogP contribution in [-0.2, 0) is 0 Å². The standard InChI is InChI=1S/C11H16N2O/c1-7-2-3-8(12)4-11(7)13-9-5-10(14)6-9/h2-4,9-10,13-14H,5-6,12H2,1H3. The molecule has 1 aliphatic rings. The third-order valence-corrected chi connectivity index (χ3v) is 2.73. The number of anilines is 2. The number of hydrogen-bond donors (Lipinski definition) is 3. The summed E-state index contributed by atoms with van der Waals surface area (Å²) in [7, 11) is 0. The van der Waals surface area contributed by atoms with E-state index >= 15 is 0 Å². The fraction of sp³-hybridized carbons (Fsp3) is 0.455. The van der Waals surface area contributed by atoms with Crippen molar-refractivity contribution in [3.63, 3.8) is 0 Å². The van der Waals surface area contributed by atoms with Gasteiger partial charge < -0.3 is 16.2 Å². The maximum atomic E-state index is 9.16. The van der Waals surface area contributed by atoms with Crippen LogP contribution in [0.3, 0.4) is 0 Å². The molecular weight excluding hydrogens is 176 g/mol. The third-order valence-electron chi connectivity index (χ3n) is 2.73. The summed E-state index contributed by atoms with van der Waals surface area (Å²) in [5.74, 6) is 0. The molecular formula is C11H16N2O. The van der Waals surface area contributed by atoms with Crippen molar-refractivity contribution in [2.75, 3.05) is 11.1 Å². The molecule has 0 spiro atoms. The van der Waals surface area contributed by atoms with Gasteiger partial charge in [0.2, 0.25) is 0 Å². The average molecular weight is 192 g/mol. The third kappa shape index (κ3) is 1.82. The van der Waals surface area contributed by atoms with Gasteiger partial charge in [0, 0.05) is 17.4 Å². The Hall–Kier alpha value is -1.22. The number of benzene rings is 1. The van der Waals surface area contributed by atoms with Gasteiger partial charge in [-0.05, 0) is 37.5 Å². The Morgan fingerprint density at radius 1 is 1.43 bits per heavy atom. The second-order valence-electron chi connectivity index (χ2n) is 4.04. The monoisotopic (exact) mass is 192 g/mol. The van der Waals surface area contributed by atoms with E-state index in [2.05, 4.69) is 12.2 Å². The number of hydrogen-bond acceptors (Lipinski definition) is 3. The number of aliphatic hydroxyl groups is 1. The number of nitrogens with one attached hydrogen (secondary N) is 1. The van der Waals surface area contributed by atoms with Crippen molar-refractivity contribution in [1.82, 2.24) is 0 Å². The zero-order valence-electron chi connectivity index (χ0n) is 8.33. The number of aliphatic hydroxyl groups excluding tert-OH is 1. The molecule has 0 aliphatic heterocycles. The lowest BCUT2D eigenvalue weighted by Gasteiger charge is -2.33. The van der Waals surface area contributed by atoms with Gasteiger partial charge in [-0.2, -0.15) is 0 Å². The van der Waals surface area contributed by atoms with E-state index in [4.69, 9.17) is 10.8 Å². The zero-order chi connectivity index (χ0) is 10.1. The highest BCUT2D eigenvalue weighted by atomic mass is 16.3. The predicted octanol–water partition coefficient (Wildman–Crippen LogP) is 1.51. The number of nitrogens with two attached hydrogens (primary N) is 1. The molecule has 1 aromatic carbocycles. The summed E-state index contributed by atoms with van der Waals surface area (Å²) in [5.41, 5.74) is 8.76. The summed E-state index contributed by atoms with van der Waals surface area (Å²) >= 11 is 0. The molecule has 0 unspecified atom stereocenters. The summed E-state index contributed by atoms with van der Waals surface area (Å²) in [6.45, 7) is 2.05. The molecule has 1 fully saturated rings. The minimum atomic E-state index is -0.117. The molecule has 3 nitrogen and oxygen atoms in total. The summed E-state index contributed by atoms with van der Waals surface area (Å²) in [6, 6.07) is 6.26. The van der Waals surface area contributed by atoms with E-state index in [1.807, 2.05) is 18.2 Å². The van der Waals surface area contributed by atoms with Gasteiger partial charge in [0.25, 0.3) is 0 Å². The summed E-state index contributed by atoms with van der Waals surface area (Å²) in [6.07, 6.45) is 1.57. The van der Waals surface area contributed by atoms with Gasteiger partial charge in [-0.3, -0.25) is 0 Å². The molecule has 0 aromatic heterocycles. The number of nitrogen functional groups attached to an aromatic ring is 1. The fourth-order valence-corrected chi connectivity index (χ4v) is 1.72. The van der Waals surface area contributed by atoms with Crippen molar-refractivity contribution in [2.45, 2.75) is 31.9 Å². The van der Waals surface area contributed by atoms with E-state index in [9.17, 15) is 0 Å². The first kappa shape index (κ1) is 9.34. The maximum absolute atomic E-state index is 9.16. The Morgan fingerprint density at radius 3 is 2.79 bits per heavy atom. The number of aryl methyl sites for hydroxylation is 1. The lowest BCUT2D eigenvalue weighted by atomic mass is 9.89. The second kappa shape index (κ2) is 3.50. The van der Waals surface area contributed by atoms with Crippen LogP contribution in [0.5, 0.6) is 0 Å². The van der Waals surface area contributed by atoms with Crippen LogP contribution in [-0.4, -0.2) is 17.3 Å². The minimum Gasteiger partial charge on any atom is -0.399 e. The van der Waals surface area contributed by atoms with Crippen molar-refractivity contribution in [1.29, 1.82) is 0 Å². The van der Waals surface area contributed by atoms with Gasteiger partial charge in [0.15, 0.2) is 0 Å². The lowest BCUT2D eigenvalue weighted by molar-refractivity contribution is 0.0836. The van der Waals surface area contributed by atoms with Crippen LogP contribution in [0, 0.1) is 6.92 Å². The molecule has 0 saturated heterocycles. The van der Waals surface area contributed by atoms with Gasteiger partial charge >= 0.3 is 0 Å². The molecule has 3 heteroatoms. The van der Waals surface area contributed by atoms with Crippen molar-refractivity contribution < 1.29 is 5.11 Å².